The second-order valence-corrected chi connectivity index (χ2v) is 7.73. The largest absolute Gasteiger partial charge is 0.493 e. The Morgan fingerprint density at radius 1 is 1.35 bits per heavy atom. The standard InChI is InChI=1S/C21H25NO3S/c1-16(24)17-6-5-7-18(14-17)25-13-4-3-8-19-9-10-20(26-19)11-12-21(2,22)15-23/h5-7,9-10,14,23H,4,11-13,15,22H2,1-2H3. The van der Waals surface area contributed by atoms with Gasteiger partial charge >= 0.3 is 0 Å². The van der Waals surface area contributed by atoms with E-state index in [0.29, 0.717) is 24.3 Å². The van der Waals surface area contributed by atoms with Crippen molar-refractivity contribution in [1.82, 2.24) is 0 Å². The van der Waals surface area contributed by atoms with Gasteiger partial charge in [0.05, 0.1) is 18.1 Å². The van der Waals surface area contributed by atoms with Gasteiger partial charge in [-0.15, -0.1) is 11.3 Å². The zero-order chi connectivity index (χ0) is 19.0. The van der Waals surface area contributed by atoms with Gasteiger partial charge in [-0.05, 0) is 51.0 Å². The summed E-state index contributed by atoms with van der Waals surface area (Å²) < 4.78 is 5.64. The molecule has 1 aromatic carbocycles. The molecule has 0 fully saturated rings. The highest BCUT2D eigenvalue weighted by Gasteiger charge is 2.16. The summed E-state index contributed by atoms with van der Waals surface area (Å²) in [6.45, 7) is 3.86. The maximum absolute atomic E-state index is 11.4. The van der Waals surface area contributed by atoms with E-state index >= 15 is 0 Å². The molecule has 0 aliphatic carbocycles. The summed E-state index contributed by atoms with van der Waals surface area (Å²) in [6.07, 6.45) is 2.20. The molecule has 0 spiro atoms. The van der Waals surface area contributed by atoms with Crippen LogP contribution in [0.1, 0.15) is 46.8 Å². The van der Waals surface area contributed by atoms with Crippen molar-refractivity contribution in [2.45, 2.75) is 38.6 Å². The number of ketones is 1. The smallest absolute Gasteiger partial charge is 0.159 e. The van der Waals surface area contributed by atoms with Gasteiger partial charge in [0.1, 0.15) is 5.75 Å². The van der Waals surface area contributed by atoms with Crippen LogP contribution in [0.15, 0.2) is 36.4 Å². The van der Waals surface area contributed by atoms with Crippen molar-refractivity contribution >= 4 is 17.1 Å². The summed E-state index contributed by atoms with van der Waals surface area (Å²) >= 11 is 1.65. The van der Waals surface area contributed by atoms with Crippen LogP contribution in [-0.4, -0.2) is 29.6 Å². The van der Waals surface area contributed by atoms with Crippen LogP contribution in [0.25, 0.3) is 0 Å². The molecule has 26 heavy (non-hydrogen) atoms. The van der Waals surface area contributed by atoms with Crippen LogP contribution in [0.2, 0.25) is 0 Å². The molecule has 0 bridgehead atoms. The van der Waals surface area contributed by atoms with E-state index in [4.69, 9.17) is 10.5 Å². The van der Waals surface area contributed by atoms with Crippen LogP contribution in [0.5, 0.6) is 5.75 Å². The lowest BCUT2D eigenvalue weighted by atomic mass is 9.98. The number of thiophene rings is 1. The Balaban J connectivity index is 1.78. The maximum atomic E-state index is 11.4. The molecule has 138 valence electrons. The molecule has 3 N–H and O–H groups in total. The van der Waals surface area contributed by atoms with Crippen molar-refractivity contribution in [2.24, 2.45) is 5.73 Å². The average molecular weight is 372 g/mol. The zero-order valence-electron chi connectivity index (χ0n) is 15.2. The molecular formula is C21H25NO3S. The van der Waals surface area contributed by atoms with E-state index in [1.54, 1.807) is 23.5 Å². The molecule has 5 heteroatoms. The van der Waals surface area contributed by atoms with E-state index in [0.717, 1.165) is 17.7 Å². The zero-order valence-corrected chi connectivity index (χ0v) is 16.1. The average Bonchev–Trinajstić information content (AvgIpc) is 3.08. The topological polar surface area (TPSA) is 72.5 Å². The normalized spacial score (nSPS) is 12.8. The Hall–Kier alpha value is -2.13. The van der Waals surface area contributed by atoms with Crippen molar-refractivity contribution in [3.05, 3.63) is 51.7 Å². The Morgan fingerprint density at radius 3 is 2.88 bits per heavy atom. The second kappa shape index (κ2) is 9.54. The van der Waals surface area contributed by atoms with Crippen LogP contribution in [-0.2, 0) is 6.42 Å². The summed E-state index contributed by atoms with van der Waals surface area (Å²) in [7, 11) is 0. The highest BCUT2D eigenvalue weighted by Crippen LogP contribution is 2.20. The maximum Gasteiger partial charge on any atom is 0.159 e. The van der Waals surface area contributed by atoms with E-state index in [1.807, 2.05) is 25.1 Å². The number of nitrogens with two attached hydrogens (primary N) is 1. The summed E-state index contributed by atoms with van der Waals surface area (Å²) in [5.74, 6) is 6.97. The monoisotopic (exact) mass is 371 g/mol. The molecule has 0 saturated heterocycles. The fourth-order valence-electron chi connectivity index (χ4n) is 2.24. The minimum atomic E-state index is -0.535. The number of rotatable bonds is 8. The molecule has 1 aromatic heterocycles. The van der Waals surface area contributed by atoms with Gasteiger partial charge < -0.3 is 15.6 Å². The summed E-state index contributed by atoms with van der Waals surface area (Å²) in [6, 6.07) is 11.2. The minimum absolute atomic E-state index is 0.0135. The Kier molecular flexibility index (Phi) is 7.40. The van der Waals surface area contributed by atoms with E-state index in [9.17, 15) is 9.90 Å². The summed E-state index contributed by atoms with van der Waals surface area (Å²) in [5.41, 5.74) is 6.06. The molecule has 0 radical (unpaired) electrons. The van der Waals surface area contributed by atoms with Crippen LogP contribution in [0, 0.1) is 11.8 Å². The van der Waals surface area contributed by atoms with Crippen LogP contribution in [0.4, 0.5) is 0 Å². The molecular weight excluding hydrogens is 346 g/mol. The number of hydrogen-bond acceptors (Lipinski definition) is 5. The van der Waals surface area contributed by atoms with Crippen molar-refractivity contribution in [3.8, 4) is 17.6 Å². The fraction of sp³-hybridized carbons (Fsp3) is 0.381. The number of aliphatic hydroxyl groups is 1. The van der Waals surface area contributed by atoms with E-state index in [1.165, 1.54) is 11.8 Å². The second-order valence-electron chi connectivity index (χ2n) is 6.56. The van der Waals surface area contributed by atoms with Crippen LogP contribution < -0.4 is 10.5 Å². The number of Topliss-reactive ketones (excluding diaryl/α,β-unsaturated/α-hetero) is 1. The van der Waals surface area contributed by atoms with Gasteiger partial charge in [-0.25, -0.2) is 0 Å². The SMILES string of the molecule is CC(=O)c1cccc(OCCC#Cc2ccc(CCC(C)(N)CO)s2)c1. The predicted octanol–water partition coefficient (Wildman–Crippen LogP) is 3.41. The molecule has 2 aromatic rings. The Bertz CT molecular complexity index is 799. The Labute approximate surface area is 159 Å². The quantitative estimate of drug-likeness (QED) is 0.424. The van der Waals surface area contributed by atoms with Crippen molar-refractivity contribution in [2.75, 3.05) is 13.2 Å². The molecule has 1 unspecified atom stereocenters. The summed E-state index contributed by atoms with van der Waals surface area (Å²) in [4.78, 5) is 13.6. The lowest BCUT2D eigenvalue weighted by Gasteiger charge is -2.20. The molecule has 1 atom stereocenters. The third-order valence-corrected chi connectivity index (χ3v) is 4.97. The lowest BCUT2D eigenvalue weighted by molar-refractivity contribution is 0.101. The molecule has 4 nitrogen and oxygen atoms in total. The third-order valence-electron chi connectivity index (χ3n) is 3.91. The Morgan fingerprint density at radius 2 is 2.15 bits per heavy atom. The number of benzene rings is 1. The highest BCUT2D eigenvalue weighted by atomic mass is 32.1. The first-order valence-electron chi connectivity index (χ1n) is 8.61. The van der Waals surface area contributed by atoms with E-state index in [2.05, 4.69) is 17.9 Å². The summed E-state index contributed by atoms with van der Waals surface area (Å²) in [5, 5.41) is 9.20. The first-order valence-corrected chi connectivity index (χ1v) is 9.42. The number of aliphatic hydroxyl groups excluding tert-OH is 1. The van der Waals surface area contributed by atoms with Gasteiger partial charge in [0.25, 0.3) is 0 Å². The van der Waals surface area contributed by atoms with Gasteiger partial charge in [0, 0.05) is 22.4 Å². The fourth-order valence-corrected chi connectivity index (χ4v) is 3.12. The highest BCUT2D eigenvalue weighted by molar-refractivity contribution is 7.12. The van der Waals surface area contributed by atoms with Crippen LogP contribution in [0.3, 0.4) is 0 Å². The lowest BCUT2D eigenvalue weighted by Crippen LogP contribution is -2.40. The van der Waals surface area contributed by atoms with Crippen molar-refractivity contribution < 1.29 is 14.6 Å². The third kappa shape index (κ3) is 6.64. The van der Waals surface area contributed by atoms with E-state index < -0.39 is 5.54 Å². The molecule has 2 rings (SSSR count). The van der Waals surface area contributed by atoms with Crippen molar-refractivity contribution in [3.63, 3.8) is 0 Å². The number of ether oxygens (including phenoxy) is 1. The van der Waals surface area contributed by atoms with Gasteiger partial charge in [-0.2, -0.15) is 0 Å². The van der Waals surface area contributed by atoms with Crippen molar-refractivity contribution in [1.29, 1.82) is 0 Å². The predicted molar refractivity (Wildman–Crippen MR) is 106 cm³/mol. The first-order chi connectivity index (χ1) is 12.4. The first kappa shape index (κ1) is 20.2. The number of aryl methyl sites for hydroxylation is 1. The van der Waals surface area contributed by atoms with Gasteiger partial charge in [0.15, 0.2) is 5.78 Å². The number of hydrogen-bond donors (Lipinski definition) is 2. The van der Waals surface area contributed by atoms with Crippen LogP contribution >= 0.6 is 11.3 Å². The van der Waals surface area contributed by atoms with Gasteiger partial charge in [-0.1, -0.05) is 24.0 Å². The van der Waals surface area contributed by atoms with E-state index in [-0.39, 0.29) is 12.4 Å². The number of carbonyl (C=O) groups excluding carboxylic acids is 1. The number of carbonyl (C=O) groups is 1. The van der Waals surface area contributed by atoms with Gasteiger partial charge in [0.2, 0.25) is 0 Å². The molecule has 0 saturated carbocycles. The van der Waals surface area contributed by atoms with Gasteiger partial charge in [-0.3, -0.25) is 4.79 Å². The minimum Gasteiger partial charge on any atom is -0.493 e. The molecule has 1 heterocycles. The molecule has 0 amide bonds. The molecule has 0 aliphatic heterocycles. The molecule has 0 aliphatic rings.